The Hall–Kier alpha value is -1.20. The molecular formula is C10H8N2OS2. The molecule has 1 aliphatic heterocycles. The second kappa shape index (κ2) is 3.43. The molecule has 0 amide bonds. The molecule has 0 N–H and O–H groups in total. The van der Waals surface area contributed by atoms with Crippen molar-refractivity contribution in [3.05, 3.63) is 42.1 Å². The lowest BCUT2D eigenvalue weighted by molar-refractivity contribution is 0.740. The molecule has 0 atom stereocenters. The lowest BCUT2D eigenvalue weighted by Crippen LogP contribution is -2.29. The first-order valence-corrected chi connectivity index (χ1v) is 6.33. The third-order valence-electron chi connectivity index (χ3n) is 2.28. The standard InChI is InChI=1S/C10H8N2OS2/c13-9-8(6-7-2-1-5-14-7)15-10-11-3-4-12(9)10/h1-2,5-6H,3-4H2/b8-6-. The third-order valence-corrected chi connectivity index (χ3v) is 4.14. The highest BCUT2D eigenvalue weighted by atomic mass is 32.1. The summed E-state index contributed by atoms with van der Waals surface area (Å²) in [4.78, 5) is 18.1. The minimum absolute atomic E-state index is 0.102. The van der Waals surface area contributed by atoms with Crippen LogP contribution in [0.5, 0.6) is 0 Å². The third kappa shape index (κ3) is 1.48. The van der Waals surface area contributed by atoms with Gasteiger partial charge in [0.05, 0.1) is 11.1 Å². The Kier molecular flexibility index (Phi) is 2.07. The molecule has 3 rings (SSSR count). The minimum atomic E-state index is 0.102. The van der Waals surface area contributed by atoms with Gasteiger partial charge in [-0.05, 0) is 17.5 Å². The first-order valence-electron chi connectivity index (χ1n) is 4.64. The summed E-state index contributed by atoms with van der Waals surface area (Å²) in [5.41, 5.74) is 0.102. The molecule has 0 radical (unpaired) electrons. The van der Waals surface area contributed by atoms with E-state index in [1.807, 2.05) is 23.6 Å². The van der Waals surface area contributed by atoms with Crippen molar-refractivity contribution in [1.82, 2.24) is 4.57 Å². The van der Waals surface area contributed by atoms with Gasteiger partial charge < -0.3 is 0 Å². The van der Waals surface area contributed by atoms with Gasteiger partial charge >= 0.3 is 0 Å². The summed E-state index contributed by atoms with van der Waals surface area (Å²) in [7, 11) is 0. The van der Waals surface area contributed by atoms with Gasteiger partial charge in [0, 0.05) is 11.4 Å². The number of hydrogen-bond acceptors (Lipinski definition) is 4. The van der Waals surface area contributed by atoms with Crippen molar-refractivity contribution in [2.45, 2.75) is 6.54 Å². The van der Waals surface area contributed by atoms with E-state index in [0.717, 1.165) is 27.3 Å². The van der Waals surface area contributed by atoms with E-state index in [-0.39, 0.29) is 5.56 Å². The summed E-state index contributed by atoms with van der Waals surface area (Å²) in [6.45, 7) is 1.49. The molecule has 15 heavy (non-hydrogen) atoms. The van der Waals surface area contributed by atoms with Crippen LogP contribution in [-0.4, -0.2) is 11.1 Å². The van der Waals surface area contributed by atoms with Gasteiger partial charge in [-0.2, -0.15) is 0 Å². The van der Waals surface area contributed by atoms with E-state index < -0.39 is 0 Å². The highest BCUT2D eigenvalue weighted by Gasteiger charge is 2.09. The molecule has 0 fully saturated rings. The Bertz CT molecular complexity index is 649. The predicted octanol–water partition coefficient (Wildman–Crippen LogP) is 0.433. The monoisotopic (exact) mass is 236 g/mol. The molecule has 2 aromatic rings. The Balaban J connectivity index is 2.26. The van der Waals surface area contributed by atoms with Crippen molar-refractivity contribution in [1.29, 1.82) is 0 Å². The Morgan fingerprint density at radius 1 is 1.53 bits per heavy atom. The maximum absolute atomic E-state index is 11.9. The molecule has 0 saturated heterocycles. The normalized spacial score (nSPS) is 15.3. The van der Waals surface area contributed by atoms with Gasteiger partial charge in [0.1, 0.15) is 0 Å². The van der Waals surface area contributed by atoms with Crippen LogP contribution < -0.4 is 14.9 Å². The van der Waals surface area contributed by atoms with Gasteiger partial charge in [-0.3, -0.25) is 14.4 Å². The molecule has 76 valence electrons. The first kappa shape index (κ1) is 9.06. The van der Waals surface area contributed by atoms with Crippen LogP contribution in [0.25, 0.3) is 6.08 Å². The van der Waals surface area contributed by atoms with Crippen molar-refractivity contribution < 1.29 is 0 Å². The van der Waals surface area contributed by atoms with Crippen molar-refractivity contribution in [2.24, 2.45) is 4.99 Å². The molecule has 0 spiro atoms. The zero-order valence-electron chi connectivity index (χ0n) is 7.84. The average Bonchev–Trinajstić information content (AvgIpc) is 2.89. The van der Waals surface area contributed by atoms with E-state index in [9.17, 15) is 4.79 Å². The van der Waals surface area contributed by atoms with E-state index >= 15 is 0 Å². The lowest BCUT2D eigenvalue weighted by Gasteiger charge is -1.85. The maximum Gasteiger partial charge on any atom is 0.270 e. The van der Waals surface area contributed by atoms with Crippen LogP contribution in [0, 0.1) is 0 Å². The quantitative estimate of drug-likeness (QED) is 0.707. The fraction of sp³-hybridized carbons (Fsp3) is 0.200. The number of thiophene rings is 1. The number of hydrogen-bond donors (Lipinski definition) is 0. The second-order valence-electron chi connectivity index (χ2n) is 3.25. The average molecular weight is 236 g/mol. The van der Waals surface area contributed by atoms with Gasteiger partial charge in [-0.1, -0.05) is 17.4 Å². The number of nitrogens with zero attached hydrogens (tertiary/aromatic N) is 2. The maximum atomic E-state index is 11.9. The Morgan fingerprint density at radius 3 is 3.20 bits per heavy atom. The minimum Gasteiger partial charge on any atom is -0.282 e. The molecule has 2 aromatic heterocycles. The SMILES string of the molecule is O=c1/c(=C/c2cccs2)sc2n1CCN=2. The molecule has 0 aliphatic carbocycles. The highest BCUT2D eigenvalue weighted by Crippen LogP contribution is 2.08. The topological polar surface area (TPSA) is 34.4 Å². The van der Waals surface area contributed by atoms with Crippen LogP contribution in [0.2, 0.25) is 0 Å². The molecule has 0 unspecified atom stereocenters. The molecular weight excluding hydrogens is 228 g/mol. The zero-order valence-corrected chi connectivity index (χ0v) is 9.48. The number of aromatic nitrogens is 1. The molecule has 0 bridgehead atoms. The summed E-state index contributed by atoms with van der Waals surface area (Å²) >= 11 is 3.12. The van der Waals surface area contributed by atoms with Crippen LogP contribution in [0.3, 0.4) is 0 Å². The summed E-state index contributed by atoms with van der Waals surface area (Å²) in [5.74, 6) is 0. The van der Waals surface area contributed by atoms with Crippen LogP contribution in [0.15, 0.2) is 27.3 Å². The van der Waals surface area contributed by atoms with Crippen molar-refractivity contribution >= 4 is 28.7 Å². The summed E-state index contributed by atoms with van der Waals surface area (Å²) in [6, 6.07) is 4.00. The Morgan fingerprint density at radius 2 is 2.47 bits per heavy atom. The van der Waals surface area contributed by atoms with E-state index in [0.29, 0.717) is 0 Å². The van der Waals surface area contributed by atoms with Gasteiger partial charge in [0.2, 0.25) is 0 Å². The molecule has 0 aromatic carbocycles. The van der Waals surface area contributed by atoms with Crippen molar-refractivity contribution in [3.8, 4) is 0 Å². The second-order valence-corrected chi connectivity index (χ2v) is 5.24. The van der Waals surface area contributed by atoms with E-state index in [1.165, 1.54) is 11.3 Å². The number of rotatable bonds is 1. The first-order chi connectivity index (χ1) is 7.34. The smallest absolute Gasteiger partial charge is 0.270 e. The van der Waals surface area contributed by atoms with Crippen molar-refractivity contribution in [2.75, 3.05) is 6.54 Å². The predicted molar refractivity (Wildman–Crippen MR) is 62.1 cm³/mol. The van der Waals surface area contributed by atoms with Crippen LogP contribution in [0.1, 0.15) is 4.88 Å². The largest absolute Gasteiger partial charge is 0.282 e. The lowest BCUT2D eigenvalue weighted by atomic mass is 10.4. The Labute approximate surface area is 93.7 Å². The molecule has 1 aliphatic rings. The van der Waals surface area contributed by atoms with Crippen LogP contribution in [0.4, 0.5) is 0 Å². The molecule has 5 heteroatoms. The number of thiazole rings is 1. The number of fused-ring (bicyclic) bond motifs is 1. The fourth-order valence-electron chi connectivity index (χ4n) is 1.57. The van der Waals surface area contributed by atoms with Crippen LogP contribution >= 0.6 is 22.7 Å². The molecule has 0 saturated carbocycles. The molecule has 3 heterocycles. The van der Waals surface area contributed by atoms with Gasteiger partial charge in [-0.25, -0.2) is 0 Å². The van der Waals surface area contributed by atoms with Gasteiger partial charge in [0.15, 0.2) is 4.80 Å². The summed E-state index contributed by atoms with van der Waals surface area (Å²) in [6.07, 6.45) is 1.94. The van der Waals surface area contributed by atoms with Gasteiger partial charge in [0.25, 0.3) is 5.56 Å². The van der Waals surface area contributed by atoms with Gasteiger partial charge in [-0.15, -0.1) is 11.3 Å². The van der Waals surface area contributed by atoms with Crippen LogP contribution in [-0.2, 0) is 6.54 Å². The van der Waals surface area contributed by atoms with E-state index in [4.69, 9.17) is 0 Å². The summed E-state index contributed by atoms with van der Waals surface area (Å²) < 4.78 is 2.54. The summed E-state index contributed by atoms with van der Waals surface area (Å²) in [5, 5.41) is 2.01. The van der Waals surface area contributed by atoms with E-state index in [2.05, 4.69) is 4.99 Å². The van der Waals surface area contributed by atoms with E-state index in [1.54, 1.807) is 15.9 Å². The fourth-order valence-corrected chi connectivity index (χ4v) is 3.32. The van der Waals surface area contributed by atoms with Crippen molar-refractivity contribution in [3.63, 3.8) is 0 Å². The highest BCUT2D eigenvalue weighted by molar-refractivity contribution is 7.11. The zero-order chi connectivity index (χ0) is 10.3. The molecule has 3 nitrogen and oxygen atoms in total.